The predicted octanol–water partition coefficient (Wildman–Crippen LogP) is 3.61. The second kappa shape index (κ2) is 6.00. The van der Waals surface area contributed by atoms with Gasteiger partial charge in [-0.05, 0) is 57.3 Å². The smallest absolute Gasteiger partial charge is 0.129 e. The van der Waals surface area contributed by atoms with E-state index in [1.807, 2.05) is 0 Å². The van der Waals surface area contributed by atoms with Crippen LogP contribution in [-0.2, 0) is 0 Å². The van der Waals surface area contributed by atoms with Gasteiger partial charge in [-0.1, -0.05) is 17.7 Å². The molecule has 0 aromatic heterocycles. The van der Waals surface area contributed by atoms with Crippen molar-refractivity contribution in [1.82, 2.24) is 10.2 Å². The number of hydrogen-bond donors (Lipinski definition) is 1. The van der Waals surface area contributed by atoms with Crippen LogP contribution in [0.25, 0.3) is 0 Å². The second-order valence-corrected chi connectivity index (χ2v) is 6.55. The number of halogens is 2. The van der Waals surface area contributed by atoms with Crippen molar-refractivity contribution in [3.05, 3.63) is 34.6 Å². The highest BCUT2D eigenvalue weighted by atomic mass is 35.5. The molecule has 1 aromatic carbocycles. The third kappa shape index (κ3) is 3.00. The molecule has 4 heteroatoms. The minimum Gasteiger partial charge on any atom is -0.314 e. The normalized spacial score (nSPS) is 27.8. The van der Waals surface area contributed by atoms with E-state index in [4.69, 9.17) is 11.6 Å². The van der Waals surface area contributed by atoms with Crippen LogP contribution >= 0.6 is 11.6 Å². The summed E-state index contributed by atoms with van der Waals surface area (Å²) in [5, 5.41) is 4.15. The van der Waals surface area contributed by atoms with Gasteiger partial charge in [-0.25, -0.2) is 4.39 Å². The minimum absolute atomic E-state index is 0.0868. The van der Waals surface area contributed by atoms with Gasteiger partial charge in [0.15, 0.2) is 0 Å². The predicted molar refractivity (Wildman–Crippen MR) is 80.5 cm³/mol. The minimum atomic E-state index is -0.173. The maximum absolute atomic E-state index is 14.3. The zero-order valence-electron chi connectivity index (χ0n) is 11.9. The molecule has 2 atom stereocenters. The van der Waals surface area contributed by atoms with E-state index < -0.39 is 0 Å². The lowest BCUT2D eigenvalue weighted by molar-refractivity contribution is 0.116. The first-order chi connectivity index (χ1) is 9.66. The van der Waals surface area contributed by atoms with Crippen LogP contribution in [0.4, 0.5) is 4.39 Å². The molecule has 1 heterocycles. The van der Waals surface area contributed by atoms with Gasteiger partial charge >= 0.3 is 0 Å². The molecule has 2 unspecified atom stereocenters. The molecule has 1 saturated heterocycles. The van der Waals surface area contributed by atoms with E-state index in [1.54, 1.807) is 12.1 Å². The van der Waals surface area contributed by atoms with Gasteiger partial charge in [-0.2, -0.15) is 0 Å². The Morgan fingerprint density at radius 1 is 1.35 bits per heavy atom. The molecule has 1 N–H and O–H groups in total. The first-order valence-corrected chi connectivity index (χ1v) is 7.92. The number of benzene rings is 1. The van der Waals surface area contributed by atoms with Gasteiger partial charge in [-0.3, -0.25) is 4.90 Å². The molecule has 2 fully saturated rings. The summed E-state index contributed by atoms with van der Waals surface area (Å²) < 4.78 is 14.3. The molecule has 1 aliphatic heterocycles. The fourth-order valence-electron chi connectivity index (χ4n) is 3.33. The number of nitrogens with zero attached hydrogens (tertiary/aromatic N) is 1. The van der Waals surface area contributed by atoms with E-state index in [-0.39, 0.29) is 11.9 Å². The van der Waals surface area contributed by atoms with Gasteiger partial charge in [-0.15, -0.1) is 0 Å². The van der Waals surface area contributed by atoms with Crippen LogP contribution in [0.2, 0.25) is 5.02 Å². The maximum Gasteiger partial charge on any atom is 0.129 e. The SMILES string of the molecule is CN1CCCC(CNC2CC2)C1c1c(F)cccc1Cl. The van der Waals surface area contributed by atoms with Crippen molar-refractivity contribution in [2.24, 2.45) is 5.92 Å². The van der Waals surface area contributed by atoms with Gasteiger partial charge in [0, 0.05) is 29.2 Å². The highest BCUT2D eigenvalue weighted by Gasteiger charge is 2.34. The Morgan fingerprint density at radius 3 is 2.85 bits per heavy atom. The van der Waals surface area contributed by atoms with Crippen LogP contribution < -0.4 is 5.32 Å². The summed E-state index contributed by atoms with van der Waals surface area (Å²) in [5.41, 5.74) is 0.680. The van der Waals surface area contributed by atoms with E-state index in [1.165, 1.54) is 25.3 Å². The van der Waals surface area contributed by atoms with Crippen LogP contribution in [0, 0.1) is 11.7 Å². The average molecular weight is 297 g/mol. The van der Waals surface area contributed by atoms with Crippen molar-refractivity contribution in [3.8, 4) is 0 Å². The largest absolute Gasteiger partial charge is 0.314 e. The molecule has 20 heavy (non-hydrogen) atoms. The molecule has 1 aromatic rings. The molecular weight excluding hydrogens is 275 g/mol. The Morgan fingerprint density at radius 2 is 2.15 bits per heavy atom. The highest BCUT2D eigenvalue weighted by molar-refractivity contribution is 6.31. The van der Waals surface area contributed by atoms with Gasteiger partial charge in [0.1, 0.15) is 5.82 Å². The lowest BCUT2D eigenvalue weighted by atomic mass is 9.84. The van der Waals surface area contributed by atoms with Gasteiger partial charge in [0.25, 0.3) is 0 Å². The summed E-state index contributed by atoms with van der Waals surface area (Å²) in [7, 11) is 2.08. The van der Waals surface area contributed by atoms with Crippen molar-refractivity contribution in [2.75, 3.05) is 20.1 Å². The molecule has 3 rings (SSSR count). The van der Waals surface area contributed by atoms with Gasteiger partial charge in [0.05, 0.1) is 0 Å². The molecular formula is C16H22ClFN2. The summed E-state index contributed by atoms with van der Waals surface area (Å²) in [6, 6.07) is 5.78. The molecule has 0 amide bonds. The molecule has 0 spiro atoms. The summed E-state index contributed by atoms with van der Waals surface area (Å²) in [6.45, 7) is 1.97. The Balaban J connectivity index is 1.84. The van der Waals surface area contributed by atoms with E-state index >= 15 is 0 Å². The number of piperidine rings is 1. The summed E-state index contributed by atoms with van der Waals surface area (Å²) in [6.07, 6.45) is 4.89. The van der Waals surface area contributed by atoms with Gasteiger partial charge in [0.2, 0.25) is 0 Å². The fraction of sp³-hybridized carbons (Fsp3) is 0.625. The summed E-state index contributed by atoms with van der Waals surface area (Å²) >= 11 is 6.28. The molecule has 2 nitrogen and oxygen atoms in total. The van der Waals surface area contributed by atoms with E-state index in [9.17, 15) is 4.39 Å². The topological polar surface area (TPSA) is 15.3 Å². The number of hydrogen-bond acceptors (Lipinski definition) is 2. The molecule has 1 saturated carbocycles. The van der Waals surface area contributed by atoms with Crippen molar-refractivity contribution < 1.29 is 4.39 Å². The average Bonchev–Trinajstić information content (AvgIpc) is 3.22. The van der Waals surface area contributed by atoms with E-state index in [2.05, 4.69) is 17.3 Å². The lowest BCUT2D eigenvalue weighted by Gasteiger charge is -2.40. The van der Waals surface area contributed by atoms with Crippen molar-refractivity contribution in [1.29, 1.82) is 0 Å². The van der Waals surface area contributed by atoms with Crippen molar-refractivity contribution in [2.45, 2.75) is 37.8 Å². The van der Waals surface area contributed by atoms with Crippen LogP contribution in [0.5, 0.6) is 0 Å². The lowest BCUT2D eigenvalue weighted by Crippen LogP contribution is -2.41. The molecule has 0 radical (unpaired) electrons. The zero-order valence-corrected chi connectivity index (χ0v) is 12.7. The first kappa shape index (κ1) is 14.3. The van der Waals surface area contributed by atoms with Crippen LogP contribution in [0.15, 0.2) is 18.2 Å². The Hall–Kier alpha value is -0.640. The number of rotatable bonds is 4. The van der Waals surface area contributed by atoms with Crippen molar-refractivity contribution >= 4 is 11.6 Å². The Bertz CT molecular complexity index is 455. The second-order valence-electron chi connectivity index (χ2n) is 6.15. The zero-order chi connectivity index (χ0) is 14.1. The molecule has 110 valence electrons. The third-order valence-electron chi connectivity index (χ3n) is 4.55. The quantitative estimate of drug-likeness (QED) is 0.913. The maximum atomic E-state index is 14.3. The summed E-state index contributed by atoms with van der Waals surface area (Å²) in [4.78, 5) is 2.26. The number of nitrogens with one attached hydrogen (secondary N) is 1. The first-order valence-electron chi connectivity index (χ1n) is 7.54. The Kier molecular flexibility index (Phi) is 4.29. The molecule has 1 aliphatic carbocycles. The van der Waals surface area contributed by atoms with Crippen LogP contribution in [0.3, 0.4) is 0 Å². The third-order valence-corrected chi connectivity index (χ3v) is 4.88. The summed E-state index contributed by atoms with van der Waals surface area (Å²) in [5.74, 6) is 0.261. The Labute approximate surface area is 125 Å². The van der Waals surface area contributed by atoms with Gasteiger partial charge < -0.3 is 5.32 Å². The van der Waals surface area contributed by atoms with E-state index in [0.717, 1.165) is 19.5 Å². The van der Waals surface area contributed by atoms with Crippen LogP contribution in [0.1, 0.15) is 37.3 Å². The van der Waals surface area contributed by atoms with Crippen molar-refractivity contribution in [3.63, 3.8) is 0 Å². The highest BCUT2D eigenvalue weighted by Crippen LogP contribution is 2.39. The van der Waals surface area contributed by atoms with Crippen LogP contribution in [-0.4, -0.2) is 31.1 Å². The number of likely N-dealkylation sites (tertiary alicyclic amines) is 1. The van der Waals surface area contributed by atoms with E-state index in [0.29, 0.717) is 22.5 Å². The fourth-order valence-corrected chi connectivity index (χ4v) is 3.60. The molecule has 0 bridgehead atoms. The standard InChI is InChI=1S/C16H22ClFN2/c1-20-9-3-4-11(10-19-12-7-8-12)16(20)15-13(17)5-2-6-14(15)18/h2,5-6,11-12,16,19H,3-4,7-10H2,1H3. The monoisotopic (exact) mass is 296 g/mol. The molecule has 2 aliphatic rings.